The molecule has 0 spiro atoms. The predicted octanol–water partition coefficient (Wildman–Crippen LogP) is 3.26. The van der Waals surface area contributed by atoms with Crippen molar-refractivity contribution in [2.45, 2.75) is 37.6 Å². The number of benzene rings is 1. The van der Waals surface area contributed by atoms with Crippen molar-refractivity contribution in [3.05, 3.63) is 21.1 Å². The van der Waals surface area contributed by atoms with E-state index in [0.29, 0.717) is 4.47 Å². The molecule has 0 aliphatic heterocycles. The first-order chi connectivity index (χ1) is 8.27. The van der Waals surface area contributed by atoms with Gasteiger partial charge in [-0.2, -0.15) is 0 Å². The summed E-state index contributed by atoms with van der Waals surface area (Å²) in [6, 6.07) is 3.12. The fourth-order valence-corrected chi connectivity index (χ4v) is 5.03. The van der Waals surface area contributed by atoms with E-state index in [0.717, 1.165) is 17.3 Å². The van der Waals surface area contributed by atoms with E-state index in [1.54, 1.807) is 12.1 Å². The van der Waals surface area contributed by atoms with Gasteiger partial charge in [-0.1, -0.05) is 29.3 Å². The predicted molar refractivity (Wildman–Crippen MR) is 80.9 cm³/mol. The zero-order valence-electron chi connectivity index (χ0n) is 10.2. The minimum absolute atomic E-state index is 0.0913. The largest absolute Gasteiger partial charge is 0.398 e. The fourth-order valence-electron chi connectivity index (χ4n) is 1.68. The van der Waals surface area contributed by atoms with E-state index in [2.05, 4.69) is 36.6 Å². The molecule has 0 fully saturated rings. The van der Waals surface area contributed by atoms with Gasteiger partial charge in [-0.25, -0.2) is 13.1 Å². The van der Waals surface area contributed by atoms with Gasteiger partial charge in [0.05, 0.1) is 5.69 Å². The maximum absolute atomic E-state index is 12.2. The Bertz CT molecular complexity index is 509. The van der Waals surface area contributed by atoms with Gasteiger partial charge in [0.15, 0.2) is 0 Å². The summed E-state index contributed by atoms with van der Waals surface area (Å²) in [6.45, 7) is 3.85. The Morgan fingerprint density at radius 3 is 2.50 bits per heavy atom. The SMILES string of the molecule is CCCC(C)NS(=O)(=O)c1c(N)cc(Br)cc1Br. The number of halogens is 2. The number of hydrogen-bond acceptors (Lipinski definition) is 3. The minimum Gasteiger partial charge on any atom is -0.398 e. The van der Waals surface area contributed by atoms with Crippen molar-refractivity contribution in [3.8, 4) is 0 Å². The molecule has 102 valence electrons. The Labute approximate surface area is 125 Å². The molecule has 3 N–H and O–H groups in total. The average Bonchev–Trinajstić information content (AvgIpc) is 2.13. The van der Waals surface area contributed by atoms with Crippen LogP contribution < -0.4 is 10.5 Å². The molecule has 4 nitrogen and oxygen atoms in total. The van der Waals surface area contributed by atoms with E-state index in [1.165, 1.54) is 0 Å². The summed E-state index contributed by atoms with van der Waals surface area (Å²) in [5.74, 6) is 0. The fraction of sp³-hybridized carbons (Fsp3) is 0.455. The van der Waals surface area contributed by atoms with Crippen molar-refractivity contribution in [2.75, 3.05) is 5.73 Å². The van der Waals surface area contributed by atoms with Crippen LogP contribution in [0.2, 0.25) is 0 Å². The molecular formula is C11H16Br2N2O2S. The van der Waals surface area contributed by atoms with Crippen LogP contribution in [-0.2, 0) is 10.0 Å². The lowest BCUT2D eigenvalue weighted by Crippen LogP contribution is -2.33. The molecule has 0 saturated heterocycles. The van der Waals surface area contributed by atoms with Gasteiger partial charge in [0.1, 0.15) is 4.90 Å². The van der Waals surface area contributed by atoms with Gasteiger partial charge in [0.25, 0.3) is 0 Å². The van der Waals surface area contributed by atoms with Crippen LogP contribution in [0.1, 0.15) is 26.7 Å². The van der Waals surface area contributed by atoms with Gasteiger partial charge >= 0.3 is 0 Å². The third-order valence-corrected chi connectivity index (χ3v) is 5.44. The van der Waals surface area contributed by atoms with Gasteiger partial charge < -0.3 is 5.73 Å². The first kappa shape index (κ1) is 15.9. The molecule has 1 aromatic rings. The second-order valence-electron chi connectivity index (χ2n) is 4.12. The highest BCUT2D eigenvalue weighted by molar-refractivity contribution is 9.11. The number of hydrogen-bond donors (Lipinski definition) is 2. The third-order valence-electron chi connectivity index (χ3n) is 2.38. The maximum atomic E-state index is 12.2. The van der Waals surface area contributed by atoms with Crippen molar-refractivity contribution in [1.29, 1.82) is 0 Å². The Kier molecular flexibility index (Phi) is 5.64. The second kappa shape index (κ2) is 6.36. The summed E-state index contributed by atoms with van der Waals surface area (Å²) in [4.78, 5) is 0.0913. The van der Waals surface area contributed by atoms with Gasteiger partial charge in [-0.05, 0) is 41.4 Å². The number of rotatable bonds is 5. The molecule has 0 bridgehead atoms. The Balaban J connectivity index is 3.13. The molecule has 0 aromatic heterocycles. The number of nitrogen functional groups attached to an aromatic ring is 1. The summed E-state index contributed by atoms with van der Waals surface area (Å²) in [6.07, 6.45) is 1.70. The Morgan fingerprint density at radius 2 is 2.00 bits per heavy atom. The van der Waals surface area contributed by atoms with Crippen molar-refractivity contribution in [1.82, 2.24) is 4.72 Å². The smallest absolute Gasteiger partial charge is 0.243 e. The normalized spacial score (nSPS) is 13.6. The molecule has 18 heavy (non-hydrogen) atoms. The summed E-state index contributed by atoms with van der Waals surface area (Å²) in [5.41, 5.74) is 5.99. The summed E-state index contributed by atoms with van der Waals surface area (Å²) >= 11 is 6.50. The second-order valence-corrected chi connectivity index (χ2v) is 7.54. The van der Waals surface area contributed by atoms with E-state index < -0.39 is 10.0 Å². The lowest BCUT2D eigenvalue weighted by atomic mass is 10.2. The number of anilines is 1. The third kappa shape index (κ3) is 3.94. The van der Waals surface area contributed by atoms with Gasteiger partial charge in [0, 0.05) is 15.0 Å². The van der Waals surface area contributed by atoms with Crippen molar-refractivity contribution in [3.63, 3.8) is 0 Å². The van der Waals surface area contributed by atoms with Crippen LogP contribution in [0.5, 0.6) is 0 Å². The first-order valence-corrected chi connectivity index (χ1v) is 8.61. The van der Waals surface area contributed by atoms with Gasteiger partial charge in [-0.3, -0.25) is 0 Å². The highest BCUT2D eigenvalue weighted by Gasteiger charge is 2.23. The highest BCUT2D eigenvalue weighted by Crippen LogP contribution is 2.31. The van der Waals surface area contributed by atoms with Gasteiger partial charge in [-0.15, -0.1) is 0 Å². The number of sulfonamides is 1. The molecule has 1 aromatic carbocycles. The average molecular weight is 400 g/mol. The van der Waals surface area contributed by atoms with E-state index in [4.69, 9.17) is 5.73 Å². The molecule has 0 aliphatic carbocycles. The zero-order valence-corrected chi connectivity index (χ0v) is 14.2. The van der Waals surface area contributed by atoms with Gasteiger partial charge in [0.2, 0.25) is 10.0 Å². The molecule has 1 rings (SSSR count). The molecular weight excluding hydrogens is 384 g/mol. The Hall–Kier alpha value is -0.110. The van der Waals surface area contributed by atoms with E-state index in [-0.39, 0.29) is 16.6 Å². The molecule has 0 aliphatic rings. The minimum atomic E-state index is -3.60. The molecule has 7 heteroatoms. The highest BCUT2D eigenvalue weighted by atomic mass is 79.9. The van der Waals surface area contributed by atoms with E-state index in [9.17, 15) is 8.42 Å². The van der Waals surface area contributed by atoms with Crippen LogP contribution in [0.25, 0.3) is 0 Å². The molecule has 0 saturated carbocycles. The maximum Gasteiger partial charge on any atom is 0.243 e. The molecule has 0 radical (unpaired) electrons. The van der Waals surface area contributed by atoms with Crippen molar-refractivity contribution >= 4 is 47.6 Å². The quantitative estimate of drug-likeness (QED) is 0.746. The lowest BCUT2D eigenvalue weighted by Gasteiger charge is -2.15. The standard InChI is InChI=1S/C11H16Br2N2O2S/c1-3-4-7(2)15-18(16,17)11-9(13)5-8(12)6-10(11)14/h5-7,15H,3-4,14H2,1-2H3. The van der Waals surface area contributed by atoms with E-state index >= 15 is 0 Å². The molecule has 1 atom stereocenters. The molecule has 1 unspecified atom stereocenters. The molecule has 0 amide bonds. The summed E-state index contributed by atoms with van der Waals surface area (Å²) in [5, 5.41) is 0. The summed E-state index contributed by atoms with van der Waals surface area (Å²) in [7, 11) is -3.60. The van der Waals surface area contributed by atoms with Crippen LogP contribution in [0.4, 0.5) is 5.69 Å². The van der Waals surface area contributed by atoms with Crippen molar-refractivity contribution < 1.29 is 8.42 Å². The van der Waals surface area contributed by atoms with Crippen LogP contribution in [0.15, 0.2) is 26.0 Å². The van der Waals surface area contributed by atoms with Crippen LogP contribution in [-0.4, -0.2) is 14.5 Å². The topological polar surface area (TPSA) is 72.2 Å². The molecule has 0 heterocycles. The van der Waals surface area contributed by atoms with Crippen LogP contribution in [0.3, 0.4) is 0 Å². The van der Waals surface area contributed by atoms with Crippen LogP contribution in [0, 0.1) is 0 Å². The Morgan fingerprint density at radius 1 is 1.39 bits per heavy atom. The van der Waals surface area contributed by atoms with E-state index in [1.807, 2.05) is 13.8 Å². The lowest BCUT2D eigenvalue weighted by molar-refractivity contribution is 0.544. The monoisotopic (exact) mass is 398 g/mol. The van der Waals surface area contributed by atoms with Crippen molar-refractivity contribution in [2.24, 2.45) is 0 Å². The van der Waals surface area contributed by atoms with Crippen LogP contribution >= 0.6 is 31.9 Å². The first-order valence-electron chi connectivity index (χ1n) is 5.54. The summed E-state index contributed by atoms with van der Waals surface area (Å²) < 4.78 is 28.3. The number of nitrogens with two attached hydrogens (primary N) is 1. The zero-order chi connectivity index (χ0) is 13.9. The number of nitrogens with one attached hydrogen (secondary N) is 1.